The second-order valence-corrected chi connectivity index (χ2v) is 6.38. The number of aliphatic hydroxyl groups is 1. The molecule has 0 radical (unpaired) electrons. The van der Waals surface area contributed by atoms with Crippen molar-refractivity contribution >= 4 is 0 Å². The number of ether oxygens (including phenoxy) is 2. The topological polar surface area (TPSA) is 38.7 Å². The molecule has 2 aromatic rings. The molecule has 24 heavy (non-hydrogen) atoms. The first-order valence-electron chi connectivity index (χ1n) is 8.32. The molecule has 0 bridgehead atoms. The van der Waals surface area contributed by atoms with Crippen molar-refractivity contribution in [2.24, 2.45) is 0 Å². The summed E-state index contributed by atoms with van der Waals surface area (Å²) >= 11 is 0. The van der Waals surface area contributed by atoms with Gasteiger partial charge in [0.1, 0.15) is 18.2 Å². The van der Waals surface area contributed by atoms with Gasteiger partial charge in [0.2, 0.25) is 0 Å². The molecule has 1 fully saturated rings. The van der Waals surface area contributed by atoms with E-state index in [1.54, 1.807) is 7.11 Å². The van der Waals surface area contributed by atoms with Crippen LogP contribution in [0.4, 0.5) is 4.39 Å². The highest BCUT2D eigenvalue weighted by Crippen LogP contribution is 2.41. The molecule has 1 aliphatic carbocycles. The molecule has 3 nitrogen and oxygen atoms in total. The van der Waals surface area contributed by atoms with E-state index in [9.17, 15) is 9.50 Å². The molecule has 0 unspecified atom stereocenters. The molecule has 4 heteroatoms. The largest absolute Gasteiger partial charge is 0.489 e. The monoisotopic (exact) mass is 330 g/mol. The summed E-state index contributed by atoms with van der Waals surface area (Å²) in [7, 11) is 1.65. The van der Waals surface area contributed by atoms with Crippen LogP contribution in [-0.2, 0) is 16.9 Å². The Hall–Kier alpha value is -1.91. The van der Waals surface area contributed by atoms with Crippen LogP contribution in [0.15, 0.2) is 48.5 Å². The summed E-state index contributed by atoms with van der Waals surface area (Å²) in [5.74, 6) is 0.162. The maximum atomic E-state index is 14.1. The van der Waals surface area contributed by atoms with Crippen molar-refractivity contribution in [2.75, 3.05) is 7.11 Å². The fourth-order valence-corrected chi connectivity index (χ4v) is 3.33. The summed E-state index contributed by atoms with van der Waals surface area (Å²) in [5, 5.41) is 9.75. The number of benzene rings is 2. The van der Waals surface area contributed by atoms with Crippen molar-refractivity contribution in [3.05, 3.63) is 65.5 Å². The second-order valence-electron chi connectivity index (χ2n) is 6.38. The van der Waals surface area contributed by atoms with Crippen molar-refractivity contribution in [3.8, 4) is 5.75 Å². The third kappa shape index (κ3) is 3.77. The number of hydrogen-bond donors (Lipinski definition) is 1. The van der Waals surface area contributed by atoms with Crippen LogP contribution in [0.2, 0.25) is 0 Å². The molecular formula is C20H23FO3. The number of rotatable bonds is 5. The maximum Gasteiger partial charge on any atom is 0.127 e. The maximum absolute atomic E-state index is 14.1. The Morgan fingerprint density at radius 3 is 2.50 bits per heavy atom. The first-order chi connectivity index (χ1) is 11.6. The molecule has 0 heterocycles. The van der Waals surface area contributed by atoms with Crippen molar-refractivity contribution in [1.82, 2.24) is 0 Å². The summed E-state index contributed by atoms with van der Waals surface area (Å²) in [6.07, 6.45) is 2.36. The Morgan fingerprint density at radius 1 is 1.12 bits per heavy atom. The number of methoxy groups -OCH3 is 1. The molecule has 0 saturated heterocycles. The van der Waals surface area contributed by atoms with Crippen LogP contribution < -0.4 is 4.74 Å². The quantitative estimate of drug-likeness (QED) is 0.894. The summed E-state index contributed by atoms with van der Waals surface area (Å²) in [6.45, 7) is 0.391. The predicted octanol–water partition coefficient (Wildman–Crippen LogP) is 4.18. The van der Waals surface area contributed by atoms with E-state index in [1.165, 1.54) is 12.1 Å². The molecule has 2 aromatic carbocycles. The van der Waals surface area contributed by atoms with Crippen LogP contribution in [0, 0.1) is 5.82 Å². The first kappa shape index (κ1) is 16.9. The van der Waals surface area contributed by atoms with E-state index in [2.05, 4.69) is 0 Å². The molecule has 0 aromatic heterocycles. The van der Waals surface area contributed by atoms with Gasteiger partial charge >= 0.3 is 0 Å². The number of aliphatic hydroxyl groups excluding tert-OH is 1. The third-order valence-corrected chi connectivity index (χ3v) is 4.80. The zero-order valence-corrected chi connectivity index (χ0v) is 13.9. The molecule has 3 rings (SSSR count). The Morgan fingerprint density at radius 2 is 1.83 bits per heavy atom. The summed E-state index contributed by atoms with van der Waals surface area (Å²) in [5.41, 5.74) is 1.26. The van der Waals surface area contributed by atoms with Crippen LogP contribution in [-0.4, -0.2) is 18.3 Å². The molecule has 1 N–H and O–H groups in total. The van der Waals surface area contributed by atoms with Gasteiger partial charge in [0.25, 0.3) is 0 Å². The van der Waals surface area contributed by atoms with Gasteiger partial charge in [-0.1, -0.05) is 30.3 Å². The van der Waals surface area contributed by atoms with Gasteiger partial charge in [0, 0.05) is 13.2 Å². The smallest absolute Gasteiger partial charge is 0.127 e. The Bertz CT molecular complexity index is 664. The van der Waals surface area contributed by atoms with Gasteiger partial charge in [-0.2, -0.15) is 0 Å². The second kappa shape index (κ2) is 7.32. The van der Waals surface area contributed by atoms with Gasteiger partial charge < -0.3 is 14.6 Å². The van der Waals surface area contributed by atoms with Gasteiger partial charge in [-0.25, -0.2) is 4.39 Å². The van der Waals surface area contributed by atoms with Crippen molar-refractivity contribution in [2.45, 2.75) is 44.0 Å². The SMILES string of the molecule is COC1(c2cc(F)cc(OCc3ccccc3)c2)CCC(O)CC1. The van der Waals surface area contributed by atoms with Gasteiger partial charge in [-0.05, 0) is 48.9 Å². The molecule has 1 aliphatic rings. The zero-order chi connectivity index (χ0) is 17.0. The molecule has 0 spiro atoms. The van der Waals surface area contributed by atoms with Crippen molar-refractivity contribution < 1.29 is 19.0 Å². The molecule has 128 valence electrons. The van der Waals surface area contributed by atoms with E-state index >= 15 is 0 Å². The highest BCUT2D eigenvalue weighted by molar-refractivity contribution is 5.34. The highest BCUT2D eigenvalue weighted by atomic mass is 19.1. The van der Waals surface area contributed by atoms with E-state index in [0.717, 1.165) is 11.1 Å². The highest BCUT2D eigenvalue weighted by Gasteiger charge is 2.37. The van der Waals surface area contributed by atoms with E-state index in [4.69, 9.17) is 9.47 Å². The molecule has 0 amide bonds. The summed E-state index contributed by atoms with van der Waals surface area (Å²) in [4.78, 5) is 0. The van der Waals surface area contributed by atoms with Crippen LogP contribution >= 0.6 is 0 Å². The lowest BCUT2D eigenvalue weighted by Crippen LogP contribution is -2.35. The van der Waals surface area contributed by atoms with Gasteiger partial charge in [-0.3, -0.25) is 0 Å². The molecule has 1 saturated carbocycles. The Labute approximate surface area is 142 Å². The fraction of sp³-hybridized carbons (Fsp3) is 0.400. The summed E-state index contributed by atoms with van der Waals surface area (Å²) in [6, 6.07) is 14.5. The predicted molar refractivity (Wildman–Crippen MR) is 90.3 cm³/mol. The van der Waals surface area contributed by atoms with E-state index in [-0.39, 0.29) is 11.9 Å². The van der Waals surface area contributed by atoms with E-state index in [1.807, 2.05) is 36.4 Å². The van der Waals surface area contributed by atoms with Gasteiger partial charge in [0.05, 0.1) is 11.7 Å². The lowest BCUT2D eigenvalue weighted by atomic mass is 9.78. The van der Waals surface area contributed by atoms with Crippen LogP contribution in [0.1, 0.15) is 36.8 Å². The van der Waals surface area contributed by atoms with Crippen LogP contribution in [0.5, 0.6) is 5.75 Å². The minimum atomic E-state index is -0.549. The molecular weight excluding hydrogens is 307 g/mol. The Balaban J connectivity index is 1.80. The normalized spacial score (nSPS) is 23.9. The average molecular weight is 330 g/mol. The molecule has 0 atom stereocenters. The van der Waals surface area contributed by atoms with E-state index < -0.39 is 5.60 Å². The lowest BCUT2D eigenvalue weighted by Gasteiger charge is -2.38. The number of hydrogen-bond acceptors (Lipinski definition) is 3. The van der Waals surface area contributed by atoms with Gasteiger partial charge in [0.15, 0.2) is 0 Å². The Kier molecular flexibility index (Phi) is 5.17. The standard InChI is InChI=1S/C20H23FO3/c1-23-20(9-7-18(22)8-10-20)16-11-17(21)13-19(12-16)24-14-15-5-3-2-4-6-15/h2-6,11-13,18,22H,7-10,14H2,1H3. The average Bonchev–Trinajstić information content (AvgIpc) is 2.61. The van der Waals surface area contributed by atoms with Crippen LogP contribution in [0.3, 0.4) is 0 Å². The van der Waals surface area contributed by atoms with Crippen LogP contribution in [0.25, 0.3) is 0 Å². The first-order valence-corrected chi connectivity index (χ1v) is 8.32. The summed E-state index contributed by atoms with van der Waals surface area (Å²) < 4.78 is 25.6. The van der Waals surface area contributed by atoms with Crippen molar-refractivity contribution in [1.29, 1.82) is 0 Å². The zero-order valence-electron chi connectivity index (χ0n) is 13.9. The third-order valence-electron chi connectivity index (χ3n) is 4.80. The fourth-order valence-electron chi connectivity index (χ4n) is 3.33. The van der Waals surface area contributed by atoms with Gasteiger partial charge in [-0.15, -0.1) is 0 Å². The minimum Gasteiger partial charge on any atom is -0.489 e. The lowest BCUT2D eigenvalue weighted by molar-refractivity contribution is -0.0692. The molecule has 0 aliphatic heterocycles. The van der Waals surface area contributed by atoms with Crippen molar-refractivity contribution in [3.63, 3.8) is 0 Å². The van der Waals surface area contributed by atoms with E-state index in [0.29, 0.717) is 38.0 Å². The number of halogens is 1. The minimum absolute atomic E-state index is 0.296.